The molecule has 0 saturated carbocycles. The van der Waals surface area contributed by atoms with Crippen LogP contribution in [0, 0.1) is 0 Å². The largest absolute Gasteiger partial charge is 0.179 e. The van der Waals surface area contributed by atoms with Gasteiger partial charge in [0.2, 0.25) is 0 Å². The van der Waals surface area contributed by atoms with Crippen LogP contribution in [0.15, 0.2) is 152 Å². The third-order valence-corrected chi connectivity index (χ3v) is 11.1. The first kappa shape index (κ1) is 33.3. The summed E-state index contributed by atoms with van der Waals surface area (Å²) < 4.78 is 0. The lowest BCUT2D eigenvalue weighted by Crippen LogP contribution is -1.93. The number of fused-ring (bicyclic) bond motifs is 4. The average molecular weight is 679 g/mol. The monoisotopic (exact) mass is 678 g/mol. The molecule has 8 aromatic rings. The Morgan fingerprint density at radius 2 is 0.667 bits per heavy atom. The van der Waals surface area contributed by atoms with Crippen LogP contribution in [0.3, 0.4) is 0 Å². The van der Waals surface area contributed by atoms with E-state index in [4.69, 9.17) is 0 Å². The van der Waals surface area contributed by atoms with Gasteiger partial charge >= 0.3 is 0 Å². The second kappa shape index (κ2) is 15.6. The topological polar surface area (TPSA) is 0 Å². The number of unbranched alkanes of at least 4 members (excludes halogenated alkanes) is 7. The third kappa shape index (κ3) is 7.19. The van der Waals surface area contributed by atoms with E-state index in [0.29, 0.717) is 0 Å². The molecule has 252 valence electrons. The Balaban J connectivity index is 1.22. The van der Waals surface area contributed by atoms with Crippen molar-refractivity contribution >= 4 is 55.7 Å². The lowest BCUT2D eigenvalue weighted by atomic mass is 9.83. The first-order valence-electron chi connectivity index (χ1n) is 18.9. The zero-order valence-electron chi connectivity index (χ0n) is 29.5. The minimum atomic E-state index is 1.02. The van der Waals surface area contributed by atoms with Crippen LogP contribution in [-0.4, -0.2) is 5.75 Å². The van der Waals surface area contributed by atoms with Gasteiger partial charge in [-0.1, -0.05) is 166 Å². The first-order valence-corrected chi connectivity index (χ1v) is 19.6. The van der Waals surface area contributed by atoms with Gasteiger partial charge in [0, 0.05) is 0 Å². The van der Waals surface area contributed by atoms with E-state index >= 15 is 0 Å². The van der Waals surface area contributed by atoms with Crippen LogP contribution in [-0.2, 0) is 6.42 Å². The molecule has 0 aromatic heterocycles. The van der Waals surface area contributed by atoms with Crippen LogP contribution >= 0.6 is 12.6 Å². The van der Waals surface area contributed by atoms with Crippen molar-refractivity contribution in [2.24, 2.45) is 0 Å². The van der Waals surface area contributed by atoms with Gasteiger partial charge in [-0.05, 0) is 131 Å². The summed E-state index contributed by atoms with van der Waals surface area (Å²) >= 11 is 4.34. The number of benzene rings is 8. The standard InChI is InChI=1S/C50H46S/c51-31-15-6-4-2-1-3-5-8-16-36-23-25-39(26-24-36)49-45-32-41-19-11-13-21-43(41)34-47(45)50(48-35-44-22-14-12-20-42(44)33-46(48)49)40-29-27-38(28-30-40)37-17-9-7-10-18-37/h7,9-14,17-30,32-35,51H,1-6,8,15-16,31H2. The van der Waals surface area contributed by atoms with Gasteiger partial charge in [0.05, 0.1) is 0 Å². The SMILES string of the molecule is SCCCCCCCCCCc1ccc(-c2c3cc4ccccc4cc3c(-c3ccc(-c4ccccc4)cc3)c3cc4ccccc4cc23)cc1. The van der Waals surface area contributed by atoms with Gasteiger partial charge in [-0.15, -0.1) is 0 Å². The average Bonchev–Trinajstić information content (AvgIpc) is 3.18. The molecular formula is C50H46S. The van der Waals surface area contributed by atoms with E-state index in [1.54, 1.807) is 0 Å². The van der Waals surface area contributed by atoms with Crippen molar-refractivity contribution in [2.75, 3.05) is 5.75 Å². The van der Waals surface area contributed by atoms with Gasteiger partial charge in [0.1, 0.15) is 0 Å². The van der Waals surface area contributed by atoms with Crippen molar-refractivity contribution < 1.29 is 0 Å². The van der Waals surface area contributed by atoms with E-state index in [9.17, 15) is 0 Å². The fraction of sp³-hybridized carbons (Fsp3) is 0.200. The molecule has 1 heteroatoms. The second-order valence-corrected chi connectivity index (χ2v) is 14.6. The quantitative estimate of drug-likeness (QED) is 0.0700. The van der Waals surface area contributed by atoms with E-state index in [2.05, 4.69) is 164 Å². The normalized spacial score (nSPS) is 11.6. The van der Waals surface area contributed by atoms with Crippen LogP contribution in [0.5, 0.6) is 0 Å². The van der Waals surface area contributed by atoms with Crippen LogP contribution in [0.1, 0.15) is 56.9 Å². The molecule has 8 aromatic carbocycles. The highest BCUT2D eigenvalue weighted by atomic mass is 32.1. The minimum absolute atomic E-state index is 1.02. The maximum Gasteiger partial charge on any atom is -0.00259 e. The fourth-order valence-electron chi connectivity index (χ4n) is 8.02. The Kier molecular flexibility index (Phi) is 10.2. The van der Waals surface area contributed by atoms with Crippen molar-refractivity contribution in [3.63, 3.8) is 0 Å². The van der Waals surface area contributed by atoms with E-state index < -0.39 is 0 Å². The predicted octanol–water partition coefficient (Wildman–Crippen LogP) is 14.9. The summed E-state index contributed by atoms with van der Waals surface area (Å²) in [6.45, 7) is 0. The lowest BCUT2D eigenvalue weighted by Gasteiger charge is -2.20. The number of rotatable bonds is 13. The van der Waals surface area contributed by atoms with E-state index in [-0.39, 0.29) is 0 Å². The van der Waals surface area contributed by atoms with Gasteiger partial charge in [0.15, 0.2) is 0 Å². The van der Waals surface area contributed by atoms with Crippen molar-refractivity contribution in [1.82, 2.24) is 0 Å². The number of thiol groups is 1. The highest BCUT2D eigenvalue weighted by Crippen LogP contribution is 2.46. The molecule has 0 heterocycles. The van der Waals surface area contributed by atoms with Gasteiger partial charge in [-0.25, -0.2) is 0 Å². The summed E-state index contributed by atoms with van der Waals surface area (Å²) in [4.78, 5) is 0. The summed E-state index contributed by atoms with van der Waals surface area (Å²) in [6, 6.07) is 56.7. The molecular weight excluding hydrogens is 633 g/mol. The molecule has 51 heavy (non-hydrogen) atoms. The Bertz CT molecular complexity index is 2310. The number of hydrogen-bond acceptors (Lipinski definition) is 1. The van der Waals surface area contributed by atoms with Crippen molar-refractivity contribution in [3.8, 4) is 33.4 Å². The summed E-state index contributed by atoms with van der Waals surface area (Å²) in [5.74, 6) is 1.02. The first-order chi connectivity index (χ1) is 25.3. The molecule has 8 rings (SSSR count). The maximum atomic E-state index is 4.34. The summed E-state index contributed by atoms with van der Waals surface area (Å²) in [6.07, 6.45) is 11.7. The molecule has 0 unspecified atom stereocenters. The highest BCUT2D eigenvalue weighted by Gasteiger charge is 2.19. The molecule has 0 N–H and O–H groups in total. The zero-order chi connectivity index (χ0) is 34.4. The smallest absolute Gasteiger partial charge is 0.00259 e. The summed E-state index contributed by atoms with van der Waals surface area (Å²) in [5, 5.41) is 10.3. The predicted molar refractivity (Wildman–Crippen MR) is 227 cm³/mol. The van der Waals surface area contributed by atoms with E-state index in [1.807, 2.05) is 0 Å². The number of aryl methyl sites for hydroxylation is 1. The lowest BCUT2D eigenvalue weighted by molar-refractivity contribution is 0.577. The van der Waals surface area contributed by atoms with Crippen LogP contribution in [0.25, 0.3) is 76.5 Å². The van der Waals surface area contributed by atoms with Crippen molar-refractivity contribution in [3.05, 3.63) is 157 Å². The summed E-state index contributed by atoms with van der Waals surface area (Å²) in [5.41, 5.74) is 9.07. The van der Waals surface area contributed by atoms with Crippen molar-refractivity contribution in [1.29, 1.82) is 0 Å². The van der Waals surface area contributed by atoms with Crippen LogP contribution in [0.2, 0.25) is 0 Å². The zero-order valence-corrected chi connectivity index (χ0v) is 30.3. The molecule has 0 atom stereocenters. The van der Waals surface area contributed by atoms with Gasteiger partial charge in [-0.2, -0.15) is 12.6 Å². The Labute approximate surface area is 308 Å². The molecule has 0 bridgehead atoms. The maximum absolute atomic E-state index is 4.34. The van der Waals surface area contributed by atoms with Crippen LogP contribution in [0.4, 0.5) is 0 Å². The molecule has 0 radical (unpaired) electrons. The molecule has 0 aliphatic carbocycles. The molecule has 0 aliphatic rings. The third-order valence-electron chi connectivity index (χ3n) is 10.7. The van der Waals surface area contributed by atoms with Gasteiger partial charge < -0.3 is 0 Å². The fourth-order valence-corrected chi connectivity index (χ4v) is 8.24. The van der Waals surface area contributed by atoms with Crippen LogP contribution < -0.4 is 0 Å². The van der Waals surface area contributed by atoms with E-state index in [1.165, 1.54) is 133 Å². The van der Waals surface area contributed by atoms with Crippen molar-refractivity contribution in [2.45, 2.75) is 57.8 Å². The Morgan fingerprint density at radius 3 is 1.12 bits per heavy atom. The Morgan fingerprint density at radius 1 is 0.314 bits per heavy atom. The molecule has 0 saturated heterocycles. The highest BCUT2D eigenvalue weighted by molar-refractivity contribution is 7.80. The van der Waals surface area contributed by atoms with E-state index in [0.717, 1.165) is 12.2 Å². The molecule has 0 fully saturated rings. The molecule has 0 nitrogen and oxygen atoms in total. The molecule has 0 aliphatic heterocycles. The number of hydrogen-bond donors (Lipinski definition) is 1. The minimum Gasteiger partial charge on any atom is -0.179 e. The van der Waals surface area contributed by atoms with Gasteiger partial charge in [-0.3, -0.25) is 0 Å². The molecule has 0 amide bonds. The summed E-state index contributed by atoms with van der Waals surface area (Å²) in [7, 11) is 0. The van der Waals surface area contributed by atoms with Gasteiger partial charge in [0.25, 0.3) is 0 Å². The molecule has 0 spiro atoms. The Hall–Kier alpha value is -4.85. The second-order valence-electron chi connectivity index (χ2n) is 14.2.